The number of nitrogens with zero attached hydrogens (tertiary/aromatic N) is 2. The molecule has 1 N–H and O–H groups in total. The highest BCUT2D eigenvalue weighted by molar-refractivity contribution is 5.77. The first-order valence-corrected chi connectivity index (χ1v) is 7.14. The van der Waals surface area contributed by atoms with Crippen molar-refractivity contribution in [2.75, 3.05) is 45.8 Å². The molecule has 1 amide bonds. The lowest BCUT2D eigenvalue weighted by Crippen LogP contribution is -2.69. The van der Waals surface area contributed by atoms with Gasteiger partial charge >= 0.3 is 0 Å². The van der Waals surface area contributed by atoms with Gasteiger partial charge in [0.25, 0.3) is 5.91 Å². The van der Waals surface area contributed by atoms with Crippen LogP contribution in [-0.2, 0) is 11.3 Å². The van der Waals surface area contributed by atoms with Gasteiger partial charge in [-0.1, -0.05) is 30.3 Å². The van der Waals surface area contributed by atoms with Gasteiger partial charge in [0.2, 0.25) is 0 Å². The van der Waals surface area contributed by atoms with E-state index < -0.39 is 0 Å². The van der Waals surface area contributed by atoms with E-state index in [2.05, 4.69) is 10.2 Å². The quantitative estimate of drug-likeness (QED) is 0.797. The second-order valence-electron chi connectivity index (χ2n) is 5.77. The van der Waals surface area contributed by atoms with Crippen LogP contribution < -0.4 is 5.32 Å². The van der Waals surface area contributed by atoms with E-state index in [0.29, 0.717) is 13.1 Å². The highest BCUT2D eigenvalue weighted by atomic mass is 16.2. The molecule has 2 bridgehead atoms. The minimum Gasteiger partial charge on any atom is -0.347 e. The molecule has 0 atom stereocenters. The van der Waals surface area contributed by atoms with E-state index in [1.165, 1.54) is 5.56 Å². The summed E-state index contributed by atoms with van der Waals surface area (Å²) in [5, 5.41) is 3.05. The third-order valence-electron chi connectivity index (χ3n) is 4.48. The van der Waals surface area contributed by atoms with Crippen LogP contribution in [0.1, 0.15) is 5.56 Å². The zero-order chi connectivity index (χ0) is 13.1. The Hall–Kier alpha value is -1.39. The Balaban J connectivity index is 1.51. The van der Waals surface area contributed by atoms with Crippen LogP contribution in [0, 0.1) is 0 Å². The summed E-state index contributed by atoms with van der Waals surface area (Å²) in [5.74, 6) is 0.194. The lowest BCUT2D eigenvalue weighted by molar-refractivity contribution is -0.933. The Labute approximate surface area is 114 Å². The molecule has 0 aromatic heterocycles. The summed E-state index contributed by atoms with van der Waals surface area (Å²) < 4.78 is 0.997. The second kappa shape index (κ2) is 5.31. The molecule has 0 saturated carbocycles. The van der Waals surface area contributed by atoms with Crippen LogP contribution in [0.25, 0.3) is 0 Å². The monoisotopic (exact) mass is 260 g/mol. The van der Waals surface area contributed by atoms with Crippen LogP contribution in [0.15, 0.2) is 30.3 Å². The standard InChI is InChI=1S/C15H21N3O/c19-15(16-12-14-4-2-1-3-5-14)13-18-9-6-17(7-10-18)8-11-18/h1-5H,6-13H2/p+1. The molecular formula is C15H22N3O+. The van der Waals surface area contributed by atoms with Gasteiger partial charge in [-0.15, -0.1) is 0 Å². The van der Waals surface area contributed by atoms with Crippen LogP contribution in [0.4, 0.5) is 0 Å². The second-order valence-corrected chi connectivity index (χ2v) is 5.77. The van der Waals surface area contributed by atoms with Gasteiger partial charge in [-0.25, -0.2) is 0 Å². The molecule has 0 unspecified atom stereocenters. The van der Waals surface area contributed by atoms with E-state index in [0.717, 1.165) is 43.8 Å². The number of fused-ring (bicyclic) bond motifs is 3. The first kappa shape index (κ1) is 12.6. The number of benzene rings is 1. The van der Waals surface area contributed by atoms with Crippen LogP contribution in [0.2, 0.25) is 0 Å². The van der Waals surface area contributed by atoms with Crippen molar-refractivity contribution >= 4 is 5.91 Å². The molecule has 19 heavy (non-hydrogen) atoms. The molecule has 3 heterocycles. The average molecular weight is 260 g/mol. The summed E-state index contributed by atoms with van der Waals surface area (Å²) in [5.41, 5.74) is 1.17. The zero-order valence-corrected chi connectivity index (χ0v) is 11.3. The van der Waals surface area contributed by atoms with Gasteiger partial charge in [0.1, 0.15) is 0 Å². The van der Waals surface area contributed by atoms with E-state index in [9.17, 15) is 4.79 Å². The van der Waals surface area contributed by atoms with Crippen molar-refractivity contribution in [3.05, 3.63) is 35.9 Å². The highest BCUT2D eigenvalue weighted by Gasteiger charge is 2.39. The van der Waals surface area contributed by atoms with Gasteiger partial charge in [0, 0.05) is 26.2 Å². The van der Waals surface area contributed by atoms with Gasteiger partial charge in [-0.05, 0) is 5.56 Å². The number of nitrogens with one attached hydrogen (secondary N) is 1. The van der Waals surface area contributed by atoms with E-state index in [-0.39, 0.29) is 5.91 Å². The van der Waals surface area contributed by atoms with Crippen LogP contribution in [0.3, 0.4) is 0 Å². The van der Waals surface area contributed by atoms with Gasteiger partial charge in [-0.3, -0.25) is 9.69 Å². The summed E-state index contributed by atoms with van der Waals surface area (Å²) >= 11 is 0. The number of carbonyl (C=O) groups is 1. The Morgan fingerprint density at radius 1 is 1.11 bits per heavy atom. The molecule has 1 aromatic carbocycles. The molecule has 4 nitrogen and oxygen atoms in total. The molecule has 3 saturated heterocycles. The molecule has 0 aliphatic carbocycles. The number of piperazine rings is 3. The molecule has 3 aliphatic heterocycles. The SMILES string of the molecule is O=C(C[N+]12CCN(CC1)CC2)NCc1ccccc1. The van der Waals surface area contributed by atoms with Crippen molar-refractivity contribution in [3.8, 4) is 0 Å². The van der Waals surface area contributed by atoms with Gasteiger partial charge in [-0.2, -0.15) is 0 Å². The van der Waals surface area contributed by atoms with Crippen LogP contribution in [0.5, 0.6) is 0 Å². The fourth-order valence-electron chi connectivity index (χ4n) is 3.13. The Morgan fingerprint density at radius 3 is 2.37 bits per heavy atom. The summed E-state index contributed by atoms with van der Waals surface area (Å²) in [4.78, 5) is 14.6. The van der Waals surface area contributed by atoms with Crippen molar-refractivity contribution in [3.63, 3.8) is 0 Å². The minimum atomic E-state index is 0.194. The maximum atomic E-state index is 12.1. The summed E-state index contributed by atoms with van der Waals surface area (Å²) in [6.07, 6.45) is 0. The molecule has 3 aliphatic rings. The lowest BCUT2D eigenvalue weighted by atomic mass is 10.1. The van der Waals surface area contributed by atoms with E-state index >= 15 is 0 Å². The minimum absolute atomic E-state index is 0.194. The average Bonchev–Trinajstić information content (AvgIpc) is 2.48. The van der Waals surface area contributed by atoms with Gasteiger partial charge in [0.15, 0.2) is 6.54 Å². The van der Waals surface area contributed by atoms with Gasteiger partial charge in [0.05, 0.1) is 19.6 Å². The predicted octanol–water partition coefficient (Wildman–Crippen LogP) is 0.449. The molecule has 0 radical (unpaired) electrons. The maximum absolute atomic E-state index is 12.1. The Morgan fingerprint density at radius 2 is 1.74 bits per heavy atom. The number of quaternary nitrogens is 1. The van der Waals surface area contributed by atoms with Crippen LogP contribution in [-0.4, -0.2) is 61.1 Å². The van der Waals surface area contributed by atoms with Crippen LogP contribution >= 0.6 is 0 Å². The smallest absolute Gasteiger partial charge is 0.275 e. The molecule has 102 valence electrons. The number of rotatable bonds is 4. The van der Waals surface area contributed by atoms with Crippen molar-refractivity contribution in [1.29, 1.82) is 0 Å². The topological polar surface area (TPSA) is 32.3 Å². The highest BCUT2D eigenvalue weighted by Crippen LogP contribution is 2.18. The van der Waals surface area contributed by atoms with Gasteiger partial charge < -0.3 is 9.80 Å². The van der Waals surface area contributed by atoms with Crippen molar-refractivity contribution in [1.82, 2.24) is 10.2 Å². The van der Waals surface area contributed by atoms with E-state index in [1.54, 1.807) is 0 Å². The molecular weight excluding hydrogens is 238 g/mol. The molecule has 4 heteroatoms. The number of carbonyl (C=O) groups excluding carboxylic acids is 1. The number of hydrogen-bond acceptors (Lipinski definition) is 2. The first-order chi connectivity index (χ1) is 9.26. The Bertz CT molecular complexity index is 424. The van der Waals surface area contributed by atoms with Crippen molar-refractivity contribution in [2.24, 2.45) is 0 Å². The number of amides is 1. The zero-order valence-electron chi connectivity index (χ0n) is 11.3. The molecule has 3 fully saturated rings. The third kappa shape index (κ3) is 2.96. The molecule has 0 spiro atoms. The molecule has 1 aromatic rings. The Kier molecular flexibility index (Phi) is 3.53. The fourth-order valence-corrected chi connectivity index (χ4v) is 3.13. The lowest BCUT2D eigenvalue weighted by Gasteiger charge is -2.50. The summed E-state index contributed by atoms with van der Waals surface area (Å²) in [6, 6.07) is 10.1. The largest absolute Gasteiger partial charge is 0.347 e. The van der Waals surface area contributed by atoms with Crippen molar-refractivity contribution < 1.29 is 9.28 Å². The molecule has 4 rings (SSSR count). The fraction of sp³-hybridized carbons (Fsp3) is 0.533. The summed E-state index contributed by atoms with van der Waals surface area (Å²) in [7, 11) is 0. The third-order valence-corrected chi connectivity index (χ3v) is 4.48. The normalized spacial score (nSPS) is 29.2. The van der Waals surface area contributed by atoms with E-state index in [1.807, 2.05) is 30.3 Å². The van der Waals surface area contributed by atoms with Crippen molar-refractivity contribution in [2.45, 2.75) is 6.54 Å². The van der Waals surface area contributed by atoms with E-state index in [4.69, 9.17) is 0 Å². The number of hydrogen-bond donors (Lipinski definition) is 1. The predicted molar refractivity (Wildman–Crippen MR) is 74.5 cm³/mol. The summed E-state index contributed by atoms with van der Waals surface area (Å²) in [6.45, 7) is 8.19. The first-order valence-electron chi connectivity index (χ1n) is 7.14. The maximum Gasteiger partial charge on any atom is 0.275 e.